The predicted octanol–water partition coefficient (Wildman–Crippen LogP) is 2.56. The number of benzene rings is 2. The van der Waals surface area contributed by atoms with E-state index in [1.54, 1.807) is 24.3 Å². The molecule has 0 N–H and O–H groups in total. The molecule has 0 aromatic heterocycles. The van der Waals surface area contributed by atoms with Crippen molar-refractivity contribution in [3.05, 3.63) is 66.2 Å². The van der Waals surface area contributed by atoms with E-state index in [1.807, 2.05) is 36.4 Å². The molecule has 0 radical (unpaired) electrons. The molecular weight excluding hydrogens is 304 g/mol. The van der Waals surface area contributed by atoms with Crippen molar-refractivity contribution in [1.29, 1.82) is 0 Å². The van der Waals surface area contributed by atoms with E-state index in [0.29, 0.717) is 17.8 Å². The third-order valence-electron chi connectivity index (χ3n) is 4.42. The van der Waals surface area contributed by atoms with Crippen molar-refractivity contribution in [3.8, 4) is 0 Å². The van der Waals surface area contributed by atoms with Crippen LogP contribution in [0.2, 0.25) is 0 Å². The first kappa shape index (κ1) is 14.6. The number of amides is 2. The second kappa shape index (κ2) is 5.92. The Labute approximate surface area is 139 Å². The van der Waals surface area contributed by atoms with E-state index in [-0.39, 0.29) is 11.8 Å². The molecule has 1 saturated heterocycles. The van der Waals surface area contributed by atoms with Crippen LogP contribution in [-0.4, -0.2) is 23.6 Å². The maximum absolute atomic E-state index is 12.8. The van der Waals surface area contributed by atoms with Gasteiger partial charge in [-0.05, 0) is 30.5 Å². The number of rotatable bonds is 4. The summed E-state index contributed by atoms with van der Waals surface area (Å²) in [5.74, 6) is -1.18. The van der Waals surface area contributed by atoms with Gasteiger partial charge in [-0.25, -0.2) is 4.90 Å². The van der Waals surface area contributed by atoms with E-state index in [1.165, 1.54) is 10.5 Å². The molecule has 4 rings (SSSR count). The maximum atomic E-state index is 12.8. The average molecular weight is 320 g/mol. The molecule has 0 saturated carbocycles. The summed E-state index contributed by atoms with van der Waals surface area (Å²) in [6.45, 7) is 0. The lowest BCUT2D eigenvalue weighted by Crippen LogP contribution is -2.33. The molecule has 2 aliphatic rings. The van der Waals surface area contributed by atoms with Crippen LogP contribution in [0.1, 0.15) is 12.0 Å². The van der Waals surface area contributed by atoms with Gasteiger partial charge in [-0.15, -0.1) is 0 Å². The van der Waals surface area contributed by atoms with E-state index in [4.69, 9.17) is 4.84 Å². The molecule has 0 unspecified atom stereocenters. The zero-order chi connectivity index (χ0) is 16.5. The molecule has 0 aliphatic carbocycles. The van der Waals surface area contributed by atoms with Gasteiger partial charge in [0.2, 0.25) is 12.0 Å². The number of oxime groups is 1. The van der Waals surface area contributed by atoms with Gasteiger partial charge in [0, 0.05) is 0 Å². The molecule has 2 heterocycles. The number of carbonyl (C=O) groups excluding carboxylic acids is 2. The minimum absolute atomic E-state index is 0.250. The molecular formula is C19H16N2O3. The monoisotopic (exact) mass is 320 g/mol. The standard InChI is InChI=1S/C19H16N2O3/c22-18-16-15(12-11-13-7-3-1-4-8-13)20-24-17(16)19(23)21(18)14-9-5-2-6-10-14/h1-10,16-17H,11-12H2/t16-,17+/m1/s1. The first-order chi connectivity index (χ1) is 11.8. The van der Waals surface area contributed by atoms with Crippen molar-refractivity contribution in [2.24, 2.45) is 11.1 Å². The lowest BCUT2D eigenvalue weighted by atomic mass is 9.95. The third-order valence-corrected chi connectivity index (χ3v) is 4.42. The van der Waals surface area contributed by atoms with Crippen molar-refractivity contribution >= 4 is 23.2 Å². The molecule has 24 heavy (non-hydrogen) atoms. The third kappa shape index (κ3) is 2.38. The molecule has 0 spiro atoms. The van der Waals surface area contributed by atoms with Crippen LogP contribution in [0.4, 0.5) is 5.69 Å². The van der Waals surface area contributed by atoms with Crippen LogP contribution in [0.25, 0.3) is 0 Å². The zero-order valence-electron chi connectivity index (χ0n) is 13.0. The van der Waals surface area contributed by atoms with Gasteiger partial charge in [0.25, 0.3) is 5.91 Å². The van der Waals surface area contributed by atoms with E-state index < -0.39 is 12.0 Å². The van der Waals surface area contributed by atoms with Crippen LogP contribution >= 0.6 is 0 Å². The highest BCUT2D eigenvalue weighted by molar-refractivity contribution is 6.30. The maximum Gasteiger partial charge on any atom is 0.278 e. The molecule has 0 bridgehead atoms. The van der Waals surface area contributed by atoms with E-state index in [2.05, 4.69) is 5.16 Å². The van der Waals surface area contributed by atoms with Crippen LogP contribution in [0.3, 0.4) is 0 Å². The number of nitrogens with zero attached hydrogens (tertiary/aromatic N) is 2. The van der Waals surface area contributed by atoms with Crippen molar-refractivity contribution in [2.45, 2.75) is 18.9 Å². The molecule has 120 valence electrons. The van der Waals surface area contributed by atoms with Crippen LogP contribution in [-0.2, 0) is 20.8 Å². The topological polar surface area (TPSA) is 59.0 Å². The summed E-state index contributed by atoms with van der Waals surface area (Å²) in [4.78, 5) is 31.8. The van der Waals surface area contributed by atoms with Crippen LogP contribution in [0.15, 0.2) is 65.8 Å². The summed E-state index contributed by atoms with van der Waals surface area (Å²) in [6, 6.07) is 18.9. The molecule has 2 atom stereocenters. The number of hydrogen-bond donors (Lipinski definition) is 0. The fourth-order valence-electron chi connectivity index (χ4n) is 3.20. The fraction of sp³-hybridized carbons (Fsp3) is 0.211. The highest BCUT2D eigenvalue weighted by Crippen LogP contribution is 2.34. The predicted molar refractivity (Wildman–Crippen MR) is 89.5 cm³/mol. The lowest BCUT2D eigenvalue weighted by molar-refractivity contribution is -0.126. The zero-order valence-corrected chi connectivity index (χ0v) is 13.0. The van der Waals surface area contributed by atoms with Gasteiger partial charge in [-0.1, -0.05) is 53.7 Å². The van der Waals surface area contributed by atoms with Crippen LogP contribution in [0, 0.1) is 5.92 Å². The number of fused-ring (bicyclic) bond motifs is 1. The Morgan fingerprint density at radius 1 is 0.875 bits per heavy atom. The average Bonchev–Trinajstić information content (AvgIpc) is 3.15. The SMILES string of the molecule is O=C1[C@@H]2C(CCc3ccccc3)=NO[C@@H]2C(=O)N1c1ccccc1. The highest BCUT2D eigenvalue weighted by atomic mass is 16.6. The number of imide groups is 1. The molecule has 2 aromatic rings. The van der Waals surface area contributed by atoms with Gasteiger partial charge < -0.3 is 4.84 Å². The largest absolute Gasteiger partial charge is 0.381 e. The van der Waals surface area contributed by atoms with Gasteiger partial charge in [-0.2, -0.15) is 0 Å². The Morgan fingerprint density at radius 3 is 2.25 bits per heavy atom. The number of para-hydroxylation sites is 1. The van der Waals surface area contributed by atoms with Crippen molar-refractivity contribution < 1.29 is 14.4 Å². The minimum atomic E-state index is -0.816. The molecule has 2 aromatic carbocycles. The van der Waals surface area contributed by atoms with Crippen molar-refractivity contribution in [2.75, 3.05) is 4.90 Å². The first-order valence-corrected chi connectivity index (χ1v) is 7.95. The number of aryl methyl sites for hydroxylation is 1. The molecule has 1 fully saturated rings. The summed E-state index contributed by atoms with van der Waals surface area (Å²) < 4.78 is 0. The summed E-state index contributed by atoms with van der Waals surface area (Å²) in [7, 11) is 0. The number of anilines is 1. The van der Waals surface area contributed by atoms with E-state index in [0.717, 1.165) is 6.42 Å². The Kier molecular flexibility index (Phi) is 3.61. The van der Waals surface area contributed by atoms with E-state index in [9.17, 15) is 9.59 Å². The molecule has 2 amide bonds. The van der Waals surface area contributed by atoms with Gasteiger partial charge in [0.05, 0.1) is 11.4 Å². The lowest BCUT2D eigenvalue weighted by Gasteiger charge is -2.15. The first-order valence-electron chi connectivity index (χ1n) is 7.95. The fourth-order valence-corrected chi connectivity index (χ4v) is 3.20. The van der Waals surface area contributed by atoms with Crippen molar-refractivity contribution in [3.63, 3.8) is 0 Å². The van der Waals surface area contributed by atoms with Crippen molar-refractivity contribution in [1.82, 2.24) is 0 Å². The highest BCUT2D eigenvalue weighted by Gasteiger charge is 2.55. The molecule has 2 aliphatic heterocycles. The smallest absolute Gasteiger partial charge is 0.278 e. The summed E-state index contributed by atoms with van der Waals surface area (Å²) >= 11 is 0. The normalized spacial score (nSPS) is 22.3. The van der Waals surface area contributed by atoms with Crippen LogP contribution in [0.5, 0.6) is 0 Å². The number of carbonyl (C=O) groups is 2. The van der Waals surface area contributed by atoms with Gasteiger partial charge in [0.1, 0.15) is 5.92 Å². The Balaban J connectivity index is 1.53. The molecule has 5 nitrogen and oxygen atoms in total. The minimum Gasteiger partial charge on any atom is -0.381 e. The Bertz CT molecular complexity index is 802. The second-order valence-corrected chi connectivity index (χ2v) is 5.92. The summed E-state index contributed by atoms with van der Waals surface area (Å²) in [5, 5.41) is 4.01. The Hall–Kier alpha value is -2.95. The quantitative estimate of drug-likeness (QED) is 0.814. The van der Waals surface area contributed by atoms with Gasteiger partial charge in [0.15, 0.2) is 0 Å². The summed E-state index contributed by atoms with van der Waals surface area (Å²) in [5.41, 5.74) is 2.40. The van der Waals surface area contributed by atoms with Crippen LogP contribution < -0.4 is 4.90 Å². The Morgan fingerprint density at radius 2 is 1.54 bits per heavy atom. The van der Waals surface area contributed by atoms with Gasteiger partial charge in [-0.3, -0.25) is 9.59 Å². The van der Waals surface area contributed by atoms with Gasteiger partial charge >= 0.3 is 0 Å². The number of hydrogen-bond acceptors (Lipinski definition) is 4. The van der Waals surface area contributed by atoms with E-state index >= 15 is 0 Å². The second-order valence-electron chi connectivity index (χ2n) is 5.92. The molecule has 5 heteroatoms. The summed E-state index contributed by atoms with van der Waals surface area (Å²) in [6.07, 6.45) is 0.551.